The first-order chi connectivity index (χ1) is 7.36. The maximum Gasteiger partial charge on any atom is 0.257 e. The van der Waals surface area contributed by atoms with E-state index in [1.165, 1.54) is 17.3 Å². The van der Waals surface area contributed by atoms with Crippen molar-refractivity contribution >= 4 is 31.8 Å². The molecule has 0 aliphatic rings. The first-order valence-electron chi connectivity index (χ1n) is 4.40. The van der Waals surface area contributed by atoms with Gasteiger partial charge in [-0.2, -0.15) is 0 Å². The summed E-state index contributed by atoms with van der Waals surface area (Å²) < 4.78 is 24.4. The van der Waals surface area contributed by atoms with Crippen molar-refractivity contribution in [3.63, 3.8) is 0 Å². The van der Waals surface area contributed by atoms with Gasteiger partial charge in [0.15, 0.2) is 0 Å². The highest BCUT2D eigenvalue weighted by atomic mass is 79.9. The molecule has 0 spiro atoms. The molecular formula is C8H13BrN4O2S. The molecule has 1 rings (SSSR count). The van der Waals surface area contributed by atoms with Crippen LogP contribution in [0.15, 0.2) is 21.6 Å². The van der Waals surface area contributed by atoms with Crippen molar-refractivity contribution in [3.05, 3.63) is 16.7 Å². The van der Waals surface area contributed by atoms with Gasteiger partial charge in [0.05, 0.1) is 0 Å². The fourth-order valence-corrected chi connectivity index (χ4v) is 2.86. The molecule has 1 heterocycles. The van der Waals surface area contributed by atoms with E-state index in [1.54, 1.807) is 21.1 Å². The van der Waals surface area contributed by atoms with Crippen LogP contribution in [0.3, 0.4) is 0 Å². The molecule has 16 heavy (non-hydrogen) atoms. The van der Waals surface area contributed by atoms with Gasteiger partial charge in [-0.25, -0.2) is 18.4 Å². The third kappa shape index (κ3) is 3.14. The zero-order chi connectivity index (χ0) is 12.3. The maximum atomic E-state index is 11.9. The molecule has 0 atom stereocenters. The Kier molecular flexibility index (Phi) is 4.25. The highest BCUT2D eigenvalue weighted by Crippen LogP contribution is 2.22. The summed E-state index contributed by atoms with van der Waals surface area (Å²) in [7, 11) is 1.21. The molecule has 0 amide bonds. The Morgan fingerprint density at radius 3 is 2.56 bits per heavy atom. The smallest absolute Gasteiger partial charge is 0.257 e. The third-order valence-electron chi connectivity index (χ3n) is 1.65. The zero-order valence-electron chi connectivity index (χ0n) is 9.15. The summed E-state index contributed by atoms with van der Waals surface area (Å²) in [4.78, 5) is 6.41. The van der Waals surface area contributed by atoms with Gasteiger partial charge >= 0.3 is 0 Å². The van der Waals surface area contributed by atoms with Crippen LogP contribution in [0.4, 0.5) is 5.82 Å². The molecule has 8 heteroatoms. The second kappa shape index (κ2) is 5.09. The molecule has 6 nitrogen and oxygen atoms in total. The lowest BCUT2D eigenvalue weighted by atomic mass is 10.4. The van der Waals surface area contributed by atoms with Crippen molar-refractivity contribution in [2.24, 2.45) is 0 Å². The summed E-state index contributed by atoms with van der Waals surface area (Å²) in [6, 6.07) is 1.49. The number of hydrogen-bond donors (Lipinski definition) is 2. The summed E-state index contributed by atoms with van der Waals surface area (Å²) in [5.74, 6) is 0.303. The Labute approximate surface area is 103 Å². The molecule has 0 aliphatic carbocycles. The van der Waals surface area contributed by atoms with Crippen LogP contribution in [0.1, 0.15) is 0 Å². The average Bonchev–Trinajstić information content (AvgIpc) is 2.15. The number of nitrogens with zero attached hydrogens (tertiary/aromatic N) is 2. The predicted molar refractivity (Wildman–Crippen MR) is 65.5 cm³/mol. The molecule has 0 aromatic carbocycles. The normalized spacial score (nSPS) is 11.8. The minimum Gasteiger partial charge on any atom is -0.372 e. The Bertz CT molecular complexity index is 475. The molecule has 0 aliphatic heterocycles. The number of anilines is 1. The number of pyridine rings is 1. The lowest BCUT2D eigenvalue weighted by Gasteiger charge is -2.14. The van der Waals surface area contributed by atoms with Crippen molar-refractivity contribution in [2.75, 3.05) is 26.5 Å². The maximum absolute atomic E-state index is 11.9. The van der Waals surface area contributed by atoms with E-state index in [0.29, 0.717) is 10.3 Å². The van der Waals surface area contributed by atoms with Crippen LogP contribution in [0.25, 0.3) is 0 Å². The molecule has 2 N–H and O–H groups in total. The fourth-order valence-electron chi connectivity index (χ4n) is 1.10. The summed E-state index contributed by atoms with van der Waals surface area (Å²) in [5.41, 5.74) is 0. The molecule has 0 unspecified atom stereocenters. The Morgan fingerprint density at radius 1 is 1.44 bits per heavy atom. The Hall–Kier alpha value is -0.700. The van der Waals surface area contributed by atoms with Gasteiger partial charge in [-0.05, 0) is 22.0 Å². The largest absolute Gasteiger partial charge is 0.372 e. The van der Waals surface area contributed by atoms with E-state index in [-0.39, 0.29) is 4.90 Å². The van der Waals surface area contributed by atoms with E-state index < -0.39 is 10.0 Å². The Balaban J connectivity index is 3.25. The number of hydrogen-bond acceptors (Lipinski definition) is 5. The van der Waals surface area contributed by atoms with E-state index in [2.05, 4.69) is 31.1 Å². The molecule has 0 radical (unpaired) electrons. The monoisotopic (exact) mass is 308 g/mol. The highest BCUT2D eigenvalue weighted by molar-refractivity contribution is 9.10. The molecule has 0 saturated carbocycles. The average molecular weight is 309 g/mol. The number of nitrogens with one attached hydrogen (secondary N) is 2. The van der Waals surface area contributed by atoms with Crippen LogP contribution < -0.4 is 10.1 Å². The highest BCUT2D eigenvalue weighted by Gasteiger charge is 2.20. The number of sulfonamides is 1. The quantitative estimate of drug-likeness (QED) is 0.799. The third-order valence-corrected chi connectivity index (χ3v) is 3.58. The van der Waals surface area contributed by atoms with Crippen LogP contribution in [-0.2, 0) is 10.0 Å². The van der Waals surface area contributed by atoms with Gasteiger partial charge < -0.3 is 5.32 Å². The molecule has 0 saturated heterocycles. The SMILES string of the molecule is CNc1ncc(Br)cc1S(=O)(=O)NN(C)C. The van der Waals surface area contributed by atoms with Gasteiger partial charge in [-0.1, -0.05) is 0 Å². The minimum atomic E-state index is -3.60. The van der Waals surface area contributed by atoms with Crippen LogP contribution in [-0.4, -0.2) is 39.6 Å². The molecule has 0 bridgehead atoms. The van der Waals surface area contributed by atoms with E-state index in [4.69, 9.17) is 0 Å². The second-order valence-corrected chi connectivity index (χ2v) is 5.78. The molecule has 1 aromatic rings. The summed E-state index contributed by atoms with van der Waals surface area (Å²) in [5, 5.41) is 4.09. The lowest BCUT2D eigenvalue weighted by molar-refractivity contribution is 0.364. The molecular weight excluding hydrogens is 296 g/mol. The Morgan fingerprint density at radius 2 is 2.06 bits per heavy atom. The number of aromatic nitrogens is 1. The molecule has 90 valence electrons. The topological polar surface area (TPSA) is 74.3 Å². The first-order valence-corrected chi connectivity index (χ1v) is 6.67. The number of halogens is 1. The van der Waals surface area contributed by atoms with Gasteiger partial charge in [-0.3, -0.25) is 0 Å². The zero-order valence-corrected chi connectivity index (χ0v) is 11.6. The standard InChI is InChI=1S/C8H13BrN4O2S/c1-10-8-7(4-6(9)5-11-8)16(14,15)12-13(2)3/h4-5,12H,1-3H3,(H,10,11). The van der Waals surface area contributed by atoms with Gasteiger partial charge in [0, 0.05) is 31.8 Å². The van der Waals surface area contributed by atoms with Crippen molar-refractivity contribution in [1.82, 2.24) is 14.8 Å². The van der Waals surface area contributed by atoms with Gasteiger partial charge in [0.25, 0.3) is 10.0 Å². The van der Waals surface area contributed by atoms with E-state index >= 15 is 0 Å². The van der Waals surface area contributed by atoms with Crippen molar-refractivity contribution in [1.29, 1.82) is 0 Å². The lowest BCUT2D eigenvalue weighted by Crippen LogP contribution is -2.36. The van der Waals surface area contributed by atoms with Crippen molar-refractivity contribution in [2.45, 2.75) is 4.90 Å². The van der Waals surface area contributed by atoms with Crippen LogP contribution >= 0.6 is 15.9 Å². The summed E-state index contributed by atoms with van der Waals surface area (Å²) in [6.07, 6.45) is 1.53. The second-order valence-electron chi connectivity index (χ2n) is 3.24. The van der Waals surface area contributed by atoms with Gasteiger partial charge in [0.2, 0.25) is 0 Å². The minimum absolute atomic E-state index is 0.0954. The predicted octanol–water partition coefficient (Wildman–Crippen LogP) is 0.641. The van der Waals surface area contributed by atoms with E-state index in [1.807, 2.05) is 0 Å². The van der Waals surface area contributed by atoms with Crippen LogP contribution in [0.5, 0.6) is 0 Å². The molecule has 0 fully saturated rings. The fraction of sp³-hybridized carbons (Fsp3) is 0.375. The molecule has 1 aromatic heterocycles. The summed E-state index contributed by atoms with van der Waals surface area (Å²) >= 11 is 3.19. The first kappa shape index (κ1) is 13.4. The van der Waals surface area contributed by atoms with Crippen LogP contribution in [0, 0.1) is 0 Å². The van der Waals surface area contributed by atoms with Gasteiger partial charge in [-0.15, -0.1) is 4.83 Å². The van der Waals surface area contributed by atoms with Crippen molar-refractivity contribution < 1.29 is 8.42 Å². The van der Waals surface area contributed by atoms with E-state index in [9.17, 15) is 8.42 Å². The van der Waals surface area contributed by atoms with Crippen molar-refractivity contribution in [3.8, 4) is 0 Å². The van der Waals surface area contributed by atoms with Crippen LogP contribution in [0.2, 0.25) is 0 Å². The summed E-state index contributed by atoms with van der Waals surface area (Å²) in [6.45, 7) is 0. The number of rotatable bonds is 4. The van der Waals surface area contributed by atoms with E-state index in [0.717, 1.165) is 0 Å². The number of hydrazine groups is 1. The van der Waals surface area contributed by atoms with Gasteiger partial charge in [0.1, 0.15) is 10.7 Å².